The number of aromatic nitrogens is 1. The number of carbonyl (C=O) groups is 1. The fraction of sp³-hybridized carbons (Fsp3) is 0.217. The van der Waals surface area contributed by atoms with Gasteiger partial charge in [0.15, 0.2) is 0 Å². The van der Waals surface area contributed by atoms with Gasteiger partial charge in [0.1, 0.15) is 5.82 Å². The van der Waals surface area contributed by atoms with E-state index in [9.17, 15) is 17.6 Å². The van der Waals surface area contributed by atoms with Crippen molar-refractivity contribution in [3.05, 3.63) is 90.0 Å². The summed E-state index contributed by atoms with van der Waals surface area (Å²) in [5, 5.41) is 2.78. The number of hydrogen-bond acceptors (Lipinski definition) is 5. The smallest absolute Gasteiger partial charge is 0.255 e. The Kier molecular flexibility index (Phi) is 9.54. The average Bonchev–Trinajstić information content (AvgIpc) is 3.30. The van der Waals surface area contributed by atoms with Crippen molar-refractivity contribution in [2.75, 3.05) is 11.9 Å². The van der Waals surface area contributed by atoms with Crippen LogP contribution in [0.15, 0.2) is 78.0 Å². The number of halogens is 3. The number of rotatable bonds is 6. The van der Waals surface area contributed by atoms with E-state index in [1.54, 1.807) is 48.8 Å². The third-order valence-corrected chi connectivity index (χ3v) is 7.48. The van der Waals surface area contributed by atoms with E-state index >= 15 is 0 Å². The third kappa shape index (κ3) is 5.92. The molecule has 0 aliphatic carbocycles. The SMILES string of the molecule is Cl.Cl.NC(c1ccc(C(=O)Nc2ccncc2)cc1)C1CCCN1S(=O)(=O)c1cccc(F)c1. The van der Waals surface area contributed by atoms with Crippen LogP contribution in [0.4, 0.5) is 10.1 Å². The van der Waals surface area contributed by atoms with Crippen LogP contribution in [0.3, 0.4) is 0 Å². The lowest BCUT2D eigenvalue weighted by atomic mass is 9.98. The van der Waals surface area contributed by atoms with Crippen LogP contribution in [0.25, 0.3) is 0 Å². The molecular weight excluding hydrogens is 502 g/mol. The zero-order valence-electron chi connectivity index (χ0n) is 18.0. The van der Waals surface area contributed by atoms with Gasteiger partial charge >= 0.3 is 0 Å². The van der Waals surface area contributed by atoms with Gasteiger partial charge in [-0.25, -0.2) is 12.8 Å². The maximum absolute atomic E-state index is 13.6. The normalized spacial score (nSPS) is 16.7. The lowest BCUT2D eigenvalue weighted by Gasteiger charge is -2.29. The van der Waals surface area contributed by atoms with Crippen molar-refractivity contribution >= 4 is 46.4 Å². The molecule has 1 aliphatic heterocycles. The van der Waals surface area contributed by atoms with Gasteiger partial charge in [0.2, 0.25) is 10.0 Å². The average molecular weight is 527 g/mol. The zero-order valence-corrected chi connectivity index (χ0v) is 20.5. The predicted molar refractivity (Wildman–Crippen MR) is 133 cm³/mol. The van der Waals surface area contributed by atoms with Crippen LogP contribution in [0.2, 0.25) is 0 Å². The number of benzene rings is 2. The molecule has 3 aromatic rings. The fourth-order valence-corrected chi connectivity index (χ4v) is 5.65. The molecule has 1 aromatic heterocycles. The molecule has 2 atom stereocenters. The molecule has 3 N–H and O–H groups in total. The molecule has 4 rings (SSSR count). The summed E-state index contributed by atoms with van der Waals surface area (Å²) >= 11 is 0. The van der Waals surface area contributed by atoms with E-state index in [1.165, 1.54) is 22.5 Å². The Morgan fingerprint density at radius 1 is 1.09 bits per heavy atom. The summed E-state index contributed by atoms with van der Waals surface area (Å²) < 4.78 is 41.2. The number of anilines is 1. The van der Waals surface area contributed by atoms with Gasteiger partial charge in [0, 0.05) is 42.3 Å². The first-order chi connectivity index (χ1) is 15.4. The molecule has 1 aliphatic rings. The number of sulfonamides is 1. The van der Waals surface area contributed by atoms with Gasteiger partial charge in [0.25, 0.3) is 5.91 Å². The predicted octanol–water partition coefficient (Wildman–Crippen LogP) is 4.17. The Labute approximate surface area is 210 Å². The van der Waals surface area contributed by atoms with Gasteiger partial charge in [-0.3, -0.25) is 9.78 Å². The minimum Gasteiger partial charge on any atom is -0.323 e. The van der Waals surface area contributed by atoms with Gasteiger partial charge < -0.3 is 11.1 Å². The fourth-order valence-electron chi connectivity index (χ4n) is 3.90. The van der Waals surface area contributed by atoms with E-state index in [4.69, 9.17) is 5.73 Å². The van der Waals surface area contributed by atoms with E-state index in [0.717, 1.165) is 11.6 Å². The Balaban J connectivity index is 0.00000204. The summed E-state index contributed by atoms with van der Waals surface area (Å²) in [6.45, 7) is 0.323. The van der Waals surface area contributed by atoms with Crippen LogP contribution < -0.4 is 11.1 Å². The summed E-state index contributed by atoms with van der Waals surface area (Å²) in [6.07, 6.45) is 4.44. The van der Waals surface area contributed by atoms with Crippen LogP contribution in [0.1, 0.15) is 34.8 Å². The summed E-state index contributed by atoms with van der Waals surface area (Å²) in [6, 6.07) is 14.1. The number of nitrogens with two attached hydrogens (primary N) is 1. The van der Waals surface area contributed by atoms with Crippen molar-refractivity contribution in [3.63, 3.8) is 0 Å². The summed E-state index contributed by atoms with van der Waals surface area (Å²) in [5.41, 5.74) is 8.26. The van der Waals surface area contributed by atoms with Crippen molar-refractivity contribution in [1.82, 2.24) is 9.29 Å². The van der Waals surface area contributed by atoms with Crippen molar-refractivity contribution in [1.29, 1.82) is 0 Å². The first-order valence-electron chi connectivity index (χ1n) is 10.2. The highest BCUT2D eigenvalue weighted by molar-refractivity contribution is 7.89. The second-order valence-electron chi connectivity index (χ2n) is 7.62. The molecule has 182 valence electrons. The number of nitrogens with zero attached hydrogens (tertiary/aromatic N) is 2. The molecule has 2 unspecified atom stereocenters. The number of amides is 1. The first kappa shape index (κ1) is 27.7. The molecule has 2 aromatic carbocycles. The first-order valence-corrected chi connectivity index (χ1v) is 11.6. The topological polar surface area (TPSA) is 105 Å². The van der Waals surface area contributed by atoms with Crippen molar-refractivity contribution in [2.45, 2.75) is 29.8 Å². The van der Waals surface area contributed by atoms with E-state index < -0.39 is 27.9 Å². The Morgan fingerprint density at radius 3 is 2.41 bits per heavy atom. The van der Waals surface area contributed by atoms with Gasteiger partial charge in [-0.1, -0.05) is 18.2 Å². The monoisotopic (exact) mass is 526 g/mol. The highest BCUT2D eigenvalue weighted by Gasteiger charge is 2.39. The van der Waals surface area contributed by atoms with Gasteiger partial charge in [0.05, 0.1) is 4.90 Å². The Hall–Kier alpha value is -2.56. The molecule has 0 saturated carbocycles. The van der Waals surface area contributed by atoms with Crippen molar-refractivity contribution in [2.24, 2.45) is 5.73 Å². The summed E-state index contributed by atoms with van der Waals surface area (Å²) in [7, 11) is -3.88. The minimum atomic E-state index is -3.88. The molecule has 1 amide bonds. The van der Waals surface area contributed by atoms with Gasteiger partial charge in [-0.15, -0.1) is 24.8 Å². The number of hydrogen-bond donors (Lipinski definition) is 2. The molecule has 2 heterocycles. The largest absolute Gasteiger partial charge is 0.323 e. The molecular formula is C23H25Cl2FN4O3S. The molecule has 0 bridgehead atoms. The quantitative estimate of drug-likeness (QED) is 0.501. The number of pyridine rings is 1. The number of carbonyl (C=O) groups excluding carboxylic acids is 1. The lowest BCUT2D eigenvalue weighted by Crippen LogP contribution is -2.42. The second kappa shape index (κ2) is 11.7. The van der Waals surface area contributed by atoms with Crippen LogP contribution in [0, 0.1) is 5.82 Å². The second-order valence-corrected chi connectivity index (χ2v) is 9.51. The van der Waals surface area contributed by atoms with Crippen LogP contribution >= 0.6 is 24.8 Å². The van der Waals surface area contributed by atoms with Gasteiger partial charge in [-0.2, -0.15) is 4.31 Å². The molecule has 11 heteroatoms. The van der Waals surface area contributed by atoms with E-state index in [0.29, 0.717) is 30.6 Å². The molecule has 0 radical (unpaired) electrons. The molecule has 1 saturated heterocycles. The maximum atomic E-state index is 13.6. The highest BCUT2D eigenvalue weighted by Crippen LogP contribution is 2.33. The van der Waals surface area contributed by atoms with Crippen molar-refractivity contribution in [3.8, 4) is 0 Å². The van der Waals surface area contributed by atoms with Crippen molar-refractivity contribution < 1.29 is 17.6 Å². The minimum absolute atomic E-state index is 0. The third-order valence-electron chi connectivity index (χ3n) is 5.56. The summed E-state index contributed by atoms with van der Waals surface area (Å²) in [4.78, 5) is 16.3. The standard InChI is InChI=1S/C23H23FN4O3S.2ClH/c24-18-3-1-4-20(15-18)32(30,31)28-14-2-5-21(28)22(25)16-6-8-17(9-7-16)23(29)27-19-10-12-26-13-11-19;;/h1,3-4,6-13,15,21-22H,2,5,14,25H2,(H,26,27,29);2*1H. The van der Waals surface area contributed by atoms with Crippen LogP contribution in [-0.2, 0) is 10.0 Å². The molecule has 7 nitrogen and oxygen atoms in total. The Bertz CT molecular complexity index is 1210. The lowest BCUT2D eigenvalue weighted by molar-refractivity contribution is 0.102. The summed E-state index contributed by atoms with van der Waals surface area (Å²) in [5.74, 6) is -0.876. The highest BCUT2D eigenvalue weighted by atomic mass is 35.5. The van der Waals surface area contributed by atoms with E-state index in [2.05, 4.69) is 10.3 Å². The molecule has 1 fully saturated rings. The zero-order chi connectivity index (χ0) is 22.7. The van der Waals surface area contributed by atoms with E-state index in [1.807, 2.05) is 0 Å². The Morgan fingerprint density at radius 2 is 1.76 bits per heavy atom. The maximum Gasteiger partial charge on any atom is 0.255 e. The molecule has 0 spiro atoms. The number of nitrogens with one attached hydrogen (secondary N) is 1. The molecule has 34 heavy (non-hydrogen) atoms. The van der Waals surface area contributed by atoms with E-state index in [-0.39, 0.29) is 35.6 Å². The van der Waals surface area contributed by atoms with Gasteiger partial charge in [-0.05, 0) is 60.9 Å². The van der Waals surface area contributed by atoms with Crippen LogP contribution in [-0.4, -0.2) is 36.2 Å². The van der Waals surface area contributed by atoms with Crippen LogP contribution in [0.5, 0.6) is 0 Å².